The number of nitrogens with one attached hydrogen (secondary N) is 1. The van der Waals surface area contributed by atoms with Crippen molar-refractivity contribution in [3.8, 4) is 22.3 Å². The van der Waals surface area contributed by atoms with Gasteiger partial charge in [0.1, 0.15) is 5.01 Å². The molecule has 54 heavy (non-hydrogen) atoms. The fourth-order valence-corrected chi connectivity index (χ4v) is 6.73. The van der Waals surface area contributed by atoms with Crippen molar-refractivity contribution >= 4 is 28.9 Å². The first-order valence-electron chi connectivity index (χ1n) is 16.6. The summed E-state index contributed by atoms with van der Waals surface area (Å²) in [5.41, 5.74) is 4.07. The van der Waals surface area contributed by atoms with Crippen molar-refractivity contribution in [2.75, 3.05) is 11.9 Å². The van der Waals surface area contributed by atoms with E-state index in [0.717, 1.165) is 55.3 Å². The topological polar surface area (TPSA) is 82.5 Å². The maximum Gasteiger partial charge on any atom is 0.416 e. The third-order valence-electron chi connectivity index (χ3n) is 8.77. The molecule has 0 spiro atoms. The maximum absolute atomic E-state index is 13.1. The Bertz CT molecular complexity index is 2240. The van der Waals surface area contributed by atoms with Gasteiger partial charge in [0.05, 0.1) is 23.2 Å². The summed E-state index contributed by atoms with van der Waals surface area (Å²) < 4.78 is 76.1. The SMILES string of the molecule is O=C(Nc1ccc2c(c1)CCN(Cc1nccs1)C2)c1ccccc1-c1ccc(C(F)(F)F)cc1.O=C(O)c1ccccc1-c1ccc(C(F)(F)F)cc1. The molecule has 0 atom stereocenters. The van der Waals surface area contributed by atoms with Crippen LogP contribution in [0.25, 0.3) is 22.3 Å². The van der Waals surface area contributed by atoms with Crippen molar-refractivity contribution in [3.05, 3.63) is 165 Å². The number of amides is 1. The number of thiazole rings is 1. The van der Waals surface area contributed by atoms with E-state index in [-0.39, 0.29) is 11.5 Å². The van der Waals surface area contributed by atoms with Crippen molar-refractivity contribution in [1.29, 1.82) is 0 Å². The van der Waals surface area contributed by atoms with Gasteiger partial charge in [-0.1, -0.05) is 66.7 Å². The summed E-state index contributed by atoms with van der Waals surface area (Å²) in [5.74, 6) is -1.42. The molecule has 0 bridgehead atoms. The molecule has 0 fully saturated rings. The number of benzene rings is 5. The molecule has 2 N–H and O–H groups in total. The highest BCUT2D eigenvalue weighted by Gasteiger charge is 2.31. The van der Waals surface area contributed by atoms with Gasteiger partial charge in [-0.25, -0.2) is 9.78 Å². The third-order valence-corrected chi connectivity index (χ3v) is 9.54. The van der Waals surface area contributed by atoms with E-state index >= 15 is 0 Å². The number of aromatic carboxylic acids is 1. The largest absolute Gasteiger partial charge is 0.478 e. The molecular formula is C41H31F6N3O3S. The van der Waals surface area contributed by atoms with E-state index in [4.69, 9.17) is 5.11 Å². The Morgan fingerprint density at radius 2 is 1.28 bits per heavy atom. The van der Waals surface area contributed by atoms with Crippen molar-refractivity contribution in [1.82, 2.24) is 9.88 Å². The minimum Gasteiger partial charge on any atom is -0.478 e. The second-order valence-corrected chi connectivity index (χ2v) is 13.3. The highest BCUT2D eigenvalue weighted by molar-refractivity contribution is 7.09. The molecule has 1 amide bonds. The zero-order valence-corrected chi connectivity index (χ0v) is 29.1. The molecule has 0 saturated carbocycles. The highest BCUT2D eigenvalue weighted by atomic mass is 32.1. The van der Waals surface area contributed by atoms with Crippen LogP contribution in [-0.2, 0) is 31.9 Å². The quantitative estimate of drug-likeness (QED) is 0.158. The number of carboxylic acid groups (broad SMARTS) is 1. The number of hydrogen-bond acceptors (Lipinski definition) is 5. The highest BCUT2D eigenvalue weighted by Crippen LogP contribution is 2.34. The van der Waals surface area contributed by atoms with Crippen molar-refractivity contribution in [2.45, 2.75) is 31.9 Å². The number of carbonyl (C=O) groups is 2. The lowest BCUT2D eigenvalue weighted by Gasteiger charge is -2.28. The van der Waals surface area contributed by atoms with Gasteiger partial charge >= 0.3 is 18.3 Å². The van der Waals surface area contributed by atoms with Crippen LogP contribution in [0.4, 0.5) is 32.0 Å². The minimum absolute atomic E-state index is 0.0576. The fourth-order valence-electron chi connectivity index (χ4n) is 6.08. The van der Waals surface area contributed by atoms with Crippen molar-refractivity contribution in [3.63, 3.8) is 0 Å². The lowest BCUT2D eigenvalue weighted by molar-refractivity contribution is -0.138. The molecule has 1 aromatic heterocycles. The van der Waals surface area contributed by atoms with Gasteiger partial charge in [-0.15, -0.1) is 11.3 Å². The summed E-state index contributed by atoms with van der Waals surface area (Å²) in [7, 11) is 0. The Hall–Kier alpha value is -5.79. The van der Waals surface area contributed by atoms with Gasteiger partial charge in [-0.3, -0.25) is 9.69 Å². The molecule has 5 aromatic carbocycles. The van der Waals surface area contributed by atoms with Crippen molar-refractivity contribution < 1.29 is 41.0 Å². The number of carbonyl (C=O) groups excluding carboxylic acids is 1. The van der Waals surface area contributed by atoms with E-state index in [1.807, 2.05) is 29.8 Å². The molecule has 13 heteroatoms. The molecule has 7 rings (SSSR count). The zero-order valence-electron chi connectivity index (χ0n) is 28.3. The second kappa shape index (κ2) is 16.1. The van der Waals surface area contributed by atoms with Gasteiger partial charge in [0.15, 0.2) is 0 Å². The Kier molecular flexibility index (Phi) is 11.3. The zero-order chi connectivity index (χ0) is 38.5. The number of halogens is 6. The summed E-state index contributed by atoms with van der Waals surface area (Å²) in [6.45, 7) is 2.58. The molecule has 0 aliphatic carbocycles. The van der Waals surface area contributed by atoms with Crippen molar-refractivity contribution in [2.24, 2.45) is 0 Å². The van der Waals surface area contributed by atoms with Gasteiger partial charge in [0, 0.05) is 35.9 Å². The van der Waals surface area contributed by atoms with Gasteiger partial charge in [-0.05, 0) is 88.3 Å². The molecule has 6 aromatic rings. The first-order chi connectivity index (χ1) is 25.8. The lowest BCUT2D eigenvalue weighted by atomic mass is 9.97. The van der Waals surface area contributed by atoms with Crippen LogP contribution in [0, 0.1) is 0 Å². The normalized spacial score (nSPS) is 13.0. The summed E-state index contributed by atoms with van der Waals surface area (Å²) in [5, 5.41) is 15.1. The van der Waals surface area contributed by atoms with Gasteiger partial charge < -0.3 is 10.4 Å². The van der Waals surface area contributed by atoms with Crippen LogP contribution in [0.15, 0.2) is 127 Å². The fraction of sp³-hybridized carbons (Fsp3) is 0.146. The maximum atomic E-state index is 13.1. The number of hydrogen-bond donors (Lipinski definition) is 2. The molecule has 276 valence electrons. The Morgan fingerprint density at radius 1 is 0.722 bits per heavy atom. The van der Waals surface area contributed by atoms with Crippen LogP contribution in [0.2, 0.25) is 0 Å². The lowest BCUT2D eigenvalue weighted by Crippen LogP contribution is -2.30. The van der Waals surface area contributed by atoms with Crippen LogP contribution in [-0.4, -0.2) is 33.4 Å². The van der Waals surface area contributed by atoms with Crippen LogP contribution in [0.1, 0.15) is 48.0 Å². The van der Waals surface area contributed by atoms with Gasteiger partial charge in [-0.2, -0.15) is 26.3 Å². The first kappa shape index (κ1) is 38.0. The first-order valence-corrected chi connectivity index (χ1v) is 17.4. The summed E-state index contributed by atoms with van der Waals surface area (Å²) in [6.07, 6.45) is -6.10. The van der Waals surface area contributed by atoms with E-state index < -0.39 is 29.4 Å². The number of carboxylic acids is 1. The Morgan fingerprint density at radius 3 is 1.81 bits per heavy atom. The second-order valence-electron chi connectivity index (χ2n) is 12.4. The number of fused-ring (bicyclic) bond motifs is 1. The van der Waals surface area contributed by atoms with E-state index in [0.29, 0.717) is 33.5 Å². The van der Waals surface area contributed by atoms with Crippen LogP contribution in [0.3, 0.4) is 0 Å². The monoisotopic (exact) mass is 759 g/mol. The Labute approximate surface area is 310 Å². The predicted molar refractivity (Wildman–Crippen MR) is 195 cm³/mol. The molecule has 6 nitrogen and oxygen atoms in total. The van der Waals surface area contributed by atoms with Gasteiger partial charge in [0.2, 0.25) is 0 Å². The molecule has 2 heterocycles. The molecule has 0 radical (unpaired) electrons. The third kappa shape index (κ3) is 9.22. The smallest absolute Gasteiger partial charge is 0.416 e. The number of aromatic nitrogens is 1. The van der Waals surface area contributed by atoms with Crippen LogP contribution in [0.5, 0.6) is 0 Å². The van der Waals surface area contributed by atoms with E-state index in [9.17, 15) is 35.9 Å². The number of alkyl halides is 6. The van der Waals surface area contributed by atoms with Gasteiger partial charge in [0.25, 0.3) is 5.91 Å². The average Bonchev–Trinajstić information content (AvgIpc) is 3.67. The molecule has 1 aliphatic heterocycles. The summed E-state index contributed by atoms with van der Waals surface area (Å²) in [6, 6.07) is 28.3. The van der Waals surface area contributed by atoms with E-state index in [1.54, 1.807) is 53.8 Å². The predicted octanol–water partition coefficient (Wildman–Crippen LogP) is 10.7. The standard InChI is InChI=1S/C27H22F3N3OS.C14H9F3O2/c28-27(29,30)21-8-5-18(6-9-21)23-3-1-2-4-24(23)26(34)32-22-10-7-20-16-33(13-11-19(20)15-22)17-25-31-12-14-35-25;15-14(16,17)10-7-5-9(6-8-10)11-3-1-2-4-12(11)13(18)19/h1-10,12,14-15H,11,13,16-17H2,(H,32,34);1-8H,(H,18,19). The molecule has 0 saturated heterocycles. The minimum atomic E-state index is -4.40. The van der Waals surface area contributed by atoms with E-state index in [2.05, 4.69) is 15.2 Å². The van der Waals surface area contributed by atoms with E-state index in [1.165, 1.54) is 41.5 Å². The number of anilines is 1. The summed E-state index contributed by atoms with van der Waals surface area (Å²) >= 11 is 1.66. The molecule has 0 unspecified atom stereocenters. The van der Waals surface area contributed by atoms with Crippen LogP contribution < -0.4 is 5.32 Å². The summed E-state index contributed by atoms with van der Waals surface area (Å²) in [4.78, 5) is 30.9. The molecular weight excluding hydrogens is 729 g/mol. The number of nitrogens with zero attached hydrogens (tertiary/aromatic N) is 2. The Balaban J connectivity index is 0.000000221. The molecule has 1 aliphatic rings. The average molecular weight is 760 g/mol. The van der Waals surface area contributed by atoms with Crippen LogP contribution >= 0.6 is 11.3 Å². The number of rotatable bonds is 7.